The summed E-state index contributed by atoms with van der Waals surface area (Å²) in [5.74, 6) is 1.61. The Morgan fingerprint density at radius 1 is 0.949 bits per heavy atom. The van der Waals surface area contributed by atoms with Gasteiger partial charge in [0.05, 0.1) is 22.2 Å². The van der Waals surface area contributed by atoms with Crippen LogP contribution >= 0.6 is 0 Å². The Morgan fingerprint density at radius 3 is 2.64 bits per heavy atom. The van der Waals surface area contributed by atoms with E-state index < -0.39 is 10.0 Å². The highest BCUT2D eigenvalue weighted by atomic mass is 32.2. The first-order chi connectivity index (χ1) is 19.0. The van der Waals surface area contributed by atoms with Gasteiger partial charge in [-0.3, -0.25) is 4.72 Å². The first kappa shape index (κ1) is 25.5. The van der Waals surface area contributed by atoms with Crippen LogP contribution in [0, 0.1) is 6.92 Å². The van der Waals surface area contributed by atoms with E-state index in [2.05, 4.69) is 25.3 Å². The number of rotatable bonds is 8. The fourth-order valence-electron chi connectivity index (χ4n) is 5.08. The van der Waals surface area contributed by atoms with E-state index in [0.717, 1.165) is 54.3 Å². The normalized spacial score (nSPS) is 17.9. The predicted molar refractivity (Wildman–Crippen MR) is 154 cm³/mol. The zero-order chi connectivity index (χ0) is 26.8. The van der Waals surface area contributed by atoms with Crippen LogP contribution in [0.1, 0.15) is 37.7 Å². The van der Waals surface area contributed by atoms with E-state index in [1.807, 2.05) is 49.4 Å². The number of aryl methyl sites for hydroxylation is 1. The summed E-state index contributed by atoms with van der Waals surface area (Å²) in [6.45, 7) is 3.89. The van der Waals surface area contributed by atoms with Crippen LogP contribution in [0.5, 0.6) is 11.6 Å². The molecule has 10 heteroatoms. The number of hydrogen-bond donors (Lipinski definition) is 3. The van der Waals surface area contributed by atoms with Gasteiger partial charge in [-0.25, -0.2) is 23.4 Å². The molecule has 3 heterocycles. The third-order valence-corrected chi connectivity index (χ3v) is 9.34. The number of piperidine rings is 1. The second kappa shape index (κ2) is 10.8. The number of nitrogens with zero attached hydrogens (tertiary/aromatic N) is 3. The molecular formula is C29H32N6O3S. The van der Waals surface area contributed by atoms with Crippen molar-refractivity contribution in [3.05, 3.63) is 66.5 Å². The molecule has 1 atom stereocenters. The fourth-order valence-corrected chi connectivity index (χ4v) is 6.69. The van der Waals surface area contributed by atoms with E-state index in [0.29, 0.717) is 41.8 Å². The Balaban J connectivity index is 1.32. The lowest BCUT2D eigenvalue weighted by Gasteiger charge is -2.26. The van der Waals surface area contributed by atoms with Crippen molar-refractivity contribution in [2.45, 2.75) is 50.3 Å². The van der Waals surface area contributed by atoms with E-state index in [4.69, 9.17) is 9.72 Å². The van der Waals surface area contributed by atoms with Crippen molar-refractivity contribution in [3.63, 3.8) is 0 Å². The third-order valence-electron chi connectivity index (χ3n) is 7.48. The van der Waals surface area contributed by atoms with E-state index >= 15 is 0 Å². The van der Waals surface area contributed by atoms with E-state index in [1.54, 1.807) is 18.5 Å². The molecule has 3 N–H and O–H groups in total. The van der Waals surface area contributed by atoms with Gasteiger partial charge >= 0.3 is 0 Å². The molecule has 6 rings (SSSR count). The van der Waals surface area contributed by atoms with Gasteiger partial charge in [-0.15, -0.1) is 0 Å². The smallest absolute Gasteiger partial charge is 0.235 e. The third kappa shape index (κ3) is 5.39. The number of fused-ring (bicyclic) bond motifs is 1. The Labute approximate surface area is 228 Å². The molecule has 39 heavy (non-hydrogen) atoms. The average Bonchev–Trinajstić information content (AvgIpc) is 2.90. The SMILES string of the molecule is Cc1ccc2c(NS(=O)(=O)C3CCC3)cccc2c1Oc1ncccc1-c1ccnc(N[C@H]2CCCNC2)n1. The highest BCUT2D eigenvalue weighted by Crippen LogP contribution is 2.39. The summed E-state index contributed by atoms with van der Waals surface area (Å²) in [6, 6.07) is 15.3. The zero-order valence-electron chi connectivity index (χ0n) is 21.9. The number of benzene rings is 2. The molecule has 1 aliphatic carbocycles. The first-order valence-electron chi connectivity index (χ1n) is 13.5. The summed E-state index contributed by atoms with van der Waals surface area (Å²) < 4.78 is 35.0. The van der Waals surface area contributed by atoms with Crippen LogP contribution in [0.3, 0.4) is 0 Å². The number of sulfonamides is 1. The van der Waals surface area contributed by atoms with Crippen molar-refractivity contribution >= 4 is 32.4 Å². The molecule has 2 aromatic heterocycles. The van der Waals surface area contributed by atoms with Crippen LogP contribution in [0.25, 0.3) is 22.0 Å². The quantitative estimate of drug-likeness (QED) is 0.275. The molecule has 0 radical (unpaired) electrons. The first-order valence-corrected chi connectivity index (χ1v) is 15.0. The van der Waals surface area contributed by atoms with Gasteiger partial charge in [0.1, 0.15) is 5.75 Å². The van der Waals surface area contributed by atoms with Gasteiger partial charge in [0.2, 0.25) is 21.9 Å². The van der Waals surface area contributed by atoms with Crippen molar-refractivity contribution in [2.75, 3.05) is 23.1 Å². The predicted octanol–water partition coefficient (Wildman–Crippen LogP) is 5.25. The molecule has 9 nitrogen and oxygen atoms in total. The van der Waals surface area contributed by atoms with Crippen molar-refractivity contribution in [1.29, 1.82) is 0 Å². The van der Waals surface area contributed by atoms with E-state index in [-0.39, 0.29) is 11.3 Å². The van der Waals surface area contributed by atoms with Crippen LogP contribution < -0.4 is 20.1 Å². The zero-order valence-corrected chi connectivity index (χ0v) is 22.7. The average molecular weight is 545 g/mol. The monoisotopic (exact) mass is 544 g/mol. The highest BCUT2D eigenvalue weighted by Gasteiger charge is 2.31. The maximum Gasteiger partial charge on any atom is 0.235 e. The minimum Gasteiger partial charge on any atom is -0.437 e. The van der Waals surface area contributed by atoms with Gasteiger partial charge < -0.3 is 15.4 Å². The summed E-state index contributed by atoms with van der Waals surface area (Å²) >= 11 is 0. The van der Waals surface area contributed by atoms with Crippen molar-refractivity contribution < 1.29 is 13.2 Å². The summed E-state index contributed by atoms with van der Waals surface area (Å²) in [4.78, 5) is 13.7. The van der Waals surface area contributed by atoms with Crippen LogP contribution in [0.15, 0.2) is 60.9 Å². The lowest BCUT2D eigenvalue weighted by molar-refractivity contribution is 0.466. The van der Waals surface area contributed by atoms with Gasteiger partial charge in [-0.05, 0) is 69.0 Å². The molecule has 202 valence electrons. The highest BCUT2D eigenvalue weighted by molar-refractivity contribution is 7.93. The molecule has 1 saturated carbocycles. The van der Waals surface area contributed by atoms with Crippen molar-refractivity contribution in [1.82, 2.24) is 20.3 Å². The van der Waals surface area contributed by atoms with Crippen molar-refractivity contribution in [2.24, 2.45) is 0 Å². The minimum atomic E-state index is -3.43. The van der Waals surface area contributed by atoms with Crippen LogP contribution in [-0.2, 0) is 10.0 Å². The molecule has 0 spiro atoms. The Morgan fingerprint density at radius 2 is 1.85 bits per heavy atom. The number of pyridine rings is 1. The Bertz CT molecular complexity index is 1600. The molecule has 2 aromatic carbocycles. The number of hydrogen-bond acceptors (Lipinski definition) is 8. The lowest BCUT2D eigenvalue weighted by Crippen LogP contribution is -2.38. The second-order valence-corrected chi connectivity index (χ2v) is 12.2. The molecule has 0 unspecified atom stereocenters. The Kier molecular flexibility index (Phi) is 7.05. The van der Waals surface area contributed by atoms with Crippen LogP contribution in [0.4, 0.5) is 11.6 Å². The number of nitrogens with one attached hydrogen (secondary N) is 3. The van der Waals surface area contributed by atoms with Crippen LogP contribution in [-0.4, -0.2) is 47.8 Å². The second-order valence-electron chi connectivity index (χ2n) is 10.2. The maximum atomic E-state index is 12.9. The van der Waals surface area contributed by atoms with Gasteiger partial charge in [0.15, 0.2) is 0 Å². The summed E-state index contributed by atoms with van der Waals surface area (Å²) in [7, 11) is -3.43. The standard InChI is InChI=1S/C29H32N6O3S/c1-19-12-13-22-23(9-3-11-26(22)35-39(36,37)21-7-2-8-21)27(19)38-28-24(10-5-16-31-28)25-14-17-32-29(34-25)33-20-6-4-15-30-18-20/h3,5,9-14,16-17,20-21,30,35H,2,4,6-8,15,18H2,1H3,(H,32,33,34)/t20-/m0/s1. The summed E-state index contributed by atoms with van der Waals surface area (Å²) in [6.07, 6.45) is 7.97. The molecule has 2 fully saturated rings. The summed E-state index contributed by atoms with van der Waals surface area (Å²) in [5, 5.41) is 8.08. The molecule has 1 aliphatic heterocycles. The largest absolute Gasteiger partial charge is 0.437 e. The molecule has 2 aliphatic rings. The molecule has 0 amide bonds. The molecule has 1 saturated heterocycles. The van der Waals surface area contributed by atoms with Crippen molar-refractivity contribution in [3.8, 4) is 22.9 Å². The van der Waals surface area contributed by atoms with Gasteiger partial charge in [-0.1, -0.05) is 30.7 Å². The number of ether oxygens (including phenoxy) is 1. The summed E-state index contributed by atoms with van der Waals surface area (Å²) in [5.41, 5.74) is 2.90. The fraction of sp³-hybridized carbons (Fsp3) is 0.345. The lowest BCUT2D eigenvalue weighted by atomic mass is 10.0. The van der Waals surface area contributed by atoms with Gasteiger partial charge in [0.25, 0.3) is 0 Å². The van der Waals surface area contributed by atoms with Crippen LogP contribution in [0.2, 0.25) is 0 Å². The number of aromatic nitrogens is 3. The van der Waals surface area contributed by atoms with E-state index in [9.17, 15) is 8.42 Å². The maximum absolute atomic E-state index is 12.9. The molecule has 0 bridgehead atoms. The van der Waals surface area contributed by atoms with Gasteiger partial charge in [-0.2, -0.15) is 0 Å². The minimum absolute atomic E-state index is 0.285. The number of anilines is 2. The van der Waals surface area contributed by atoms with E-state index in [1.165, 1.54) is 0 Å². The topological polar surface area (TPSA) is 118 Å². The molecular weight excluding hydrogens is 512 g/mol. The Hall–Kier alpha value is -3.76. The molecule has 4 aromatic rings. The van der Waals surface area contributed by atoms with Gasteiger partial charge in [0, 0.05) is 35.8 Å².